The van der Waals surface area contributed by atoms with Crippen LogP contribution in [0.1, 0.15) is 12.5 Å². The maximum atomic E-state index is 5.61. The van der Waals surface area contributed by atoms with E-state index in [9.17, 15) is 0 Å². The summed E-state index contributed by atoms with van der Waals surface area (Å²) in [6, 6.07) is 5.89. The lowest BCUT2D eigenvalue weighted by molar-refractivity contribution is 0.252. The fraction of sp³-hybridized carbons (Fsp3) is 0.385. The minimum atomic E-state index is 0.264. The smallest absolute Gasteiger partial charge is 0.161 e. The highest BCUT2D eigenvalue weighted by Crippen LogP contribution is 2.29. The normalized spacial score (nSPS) is 18.8. The number of hydrogen-bond donors (Lipinski definition) is 0. The Bertz CT molecular complexity index is 381. The van der Waals surface area contributed by atoms with Crippen molar-refractivity contribution in [3.8, 4) is 11.5 Å². The molecule has 0 bridgehead atoms. The SMILES string of the molecule is C/C=C\c1ccc(OCC2CO2)c(OC)c1. The standard InChI is InChI=1S/C13H16O3/c1-3-4-10-5-6-12(13(7-10)14-2)16-9-11-8-15-11/h3-7,11H,8-9H2,1-2H3/b4-3-. The zero-order valence-electron chi connectivity index (χ0n) is 9.60. The summed E-state index contributed by atoms with van der Waals surface area (Å²) in [4.78, 5) is 0. The molecule has 0 spiro atoms. The highest BCUT2D eigenvalue weighted by atomic mass is 16.6. The highest BCUT2D eigenvalue weighted by Gasteiger charge is 2.23. The van der Waals surface area contributed by atoms with Gasteiger partial charge in [0.25, 0.3) is 0 Å². The molecule has 16 heavy (non-hydrogen) atoms. The van der Waals surface area contributed by atoms with Crippen LogP contribution in [0.4, 0.5) is 0 Å². The molecule has 0 radical (unpaired) electrons. The van der Waals surface area contributed by atoms with Crippen molar-refractivity contribution in [2.45, 2.75) is 13.0 Å². The van der Waals surface area contributed by atoms with Gasteiger partial charge in [0.2, 0.25) is 0 Å². The maximum absolute atomic E-state index is 5.61. The Labute approximate surface area is 95.6 Å². The summed E-state index contributed by atoms with van der Waals surface area (Å²) >= 11 is 0. The largest absolute Gasteiger partial charge is 0.493 e. The van der Waals surface area contributed by atoms with Gasteiger partial charge in [-0.2, -0.15) is 0 Å². The van der Waals surface area contributed by atoms with Crippen molar-refractivity contribution >= 4 is 6.08 Å². The topological polar surface area (TPSA) is 31.0 Å². The van der Waals surface area contributed by atoms with Crippen molar-refractivity contribution in [3.63, 3.8) is 0 Å². The maximum Gasteiger partial charge on any atom is 0.161 e. The third kappa shape index (κ3) is 2.76. The van der Waals surface area contributed by atoms with Crippen LogP contribution in [0.25, 0.3) is 6.08 Å². The van der Waals surface area contributed by atoms with Crippen molar-refractivity contribution < 1.29 is 14.2 Å². The quantitative estimate of drug-likeness (QED) is 0.714. The molecule has 2 rings (SSSR count). The minimum absolute atomic E-state index is 0.264. The molecule has 1 heterocycles. The zero-order chi connectivity index (χ0) is 11.4. The molecule has 1 saturated heterocycles. The molecule has 1 fully saturated rings. The van der Waals surface area contributed by atoms with E-state index in [1.54, 1.807) is 7.11 Å². The Morgan fingerprint density at radius 1 is 1.44 bits per heavy atom. The molecule has 1 aliphatic rings. The summed E-state index contributed by atoms with van der Waals surface area (Å²) in [5, 5.41) is 0. The van der Waals surface area contributed by atoms with Crippen LogP contribution in [-0.2, 0) is 4.74 Å². The van der Waals surface area contributed by atoms with Crippen molar-refractivity contribution in [3.05, 3.63) is 29.8 Å². The van der Waals surface area contributed by atoms with Crippen molar-refractivity contribution in [2.24, 2.45) is 0 Å². The van der Waals surface area contributed by atoms with E-state index in [0.29, 0.717) is 6.61 Å². The first-order valence-electron chi connectivity index (χ1n) is 5.38. The molecule has 1 aliphatic heterocycles. The van der Waals surface area contributed by atoms with E-state index in [1.165, 1.54) is 0 Å². The predicted octanol–water partition coefficient (Wildman–Crippen LogP) is 2.51. The van der Waals surface area contributed by atoms with Crippen molar-refractivity contribution in [2.75, 3.05) is 20.3 Å². The number of allylic oxidation sites excluding steroid dienone is 1. The predicted molar refractivity (Wildman–Crippen MR) is 62.9 cm³/mol. The molecule has 1 atom stereocenters. The van der Waals surface area contributed by atoms with E-state index < -0.39 is 0 Å². The number of methoxy groups -OCH3 is 1. The van der Waals surface area contributed by atoms with Gasteiger partial charge in [0.1, 0.15) is 12.7 Å². The fourth-order valence-corrected chi connectivity index (χ4v) is 1.45. The molecule has 1 aromatic carbocycles. The molecule has 3 nitrogen and oxygen atoms in total. The molecular weight excluding hydrogens is 204 g/mol. The van der Waals surface area contributed by atoms with Gasteiger partial charge in [-0.25, -0.2) is 0 Å². The van der Waals surface area contributed by atoms with Gasteiger partial charge in [-0.1, -0.05) is 18.2 Å². The molecule has 1 aromatic rings. The summed E-state index contributed by atoms with van der Waals surface area (Å²) in [6.07, 6.45) is 4.28. The van der Waals surface area contributed by atoms with Gasteiger partial charge in [-0.3, -0.25) is 0 Å². The van der Waals surface area contributed by atoms with Gasteiger partial charge in [-0.05, 0) is 24.6 Å². The second kappa shape index (κ2) is 5.03. The van der Waals surface area contributed by atoms with E-state index in [4.69, 9.17) is 14.2 Å². The second-order valence-electron chi connectivity index (χ2n) is 3.68. The summed E-state index contributed by atoms with van der Waals surface area (Å²) < 4.78 is 16.0. The lowest BCUT2D eigenvalue weighted by Crippen LogP contribution is -2.05. The van der Waals surface area contributed by atoms with Crippen LogP contribution in [0.3, 0.4) is 0 Å². The molecular formula is C13H16O3. The number of hydrogen-bond acceptors (Lipinski definition) is 3. The first kappa shape index (κ1) is 11.0. The van der Waals surface area contributed by atoms with Crippen LogP contribution < -0.4 is 9.47 Å². The van der Waals surface area contributed by atoms with Gasteiger partial charge >= 0.3 is 0 Å². The summed E-state index contributed by atoms with van der Waals surface area (Å²) in [6.45, 7) is 3.39. The first-order valence-corrected chi connectivity index (χ1v) is 5.38. The van der Waals surface area contributed by atoms with Gasteiger partial charge in [0.15, 0.2) is 11.5 Å². The lowest BCUT2D eigenvalue weighted by atomic mass is 10.2. The Kier molecular flexibility index (Phi) is 3.47. The molecule has 0 amide bonds. The minimum Gasteiger partial charge on any atom is -0.493 e. The van der Waals surface area contributed by atoms with E-state index in [-0.39, 0.29) is 6.10 Å². The van der Waals surface area contributed by atoms with Gasteiger partial charge in [0, 0.05) is 0 Å². The average molecular weight is 220 g/mol. The second-order valence-corrected chi connectivity index (χ2v) is 3.68. The monoisotopic (exact) mass is 220 g/mol. The average Bonchev–Trinajstić information content (AvgIpc) is 3.11. The Morgan fingerprint density at radius 2 is 2.25 bits per heavy atom. The van der Waals surface area contributed by atoms with Crippen LogP contribution in [0.2, 0.25) is 0 Å². The molecule has 3 heteroatoms. The van der Waals surface area contributed by atoms with Gasteiger partial charge < -0.3 is 14.2 Å². The number of epoxide rings is 1. The van der Waals surface area contributed by atoms with E-state index in [1.807, 2.05) is 37.3 Å². The third-order valence-electron chi connectivity index (χ3n) is 2.37. The van der Waals surface area contributed by atoms with Crippen molar-refractivity contribution in [1.82, 2.24) is 0 Å². The van der Waals surface area contributed by atoms with E-state index in [0.717, 1.165) is 23.7 Å². The highest BCUT2D eigenvalue weighted by molar-refractivity contribution is 5.55. The lowest BCUT2D eigenvalue weighted by Gasteiger charge is -2.10. The fourth-order valence-electron chi connectivity index (χ4n) is 1.45. The third-order valence-corrected chi connectivity index (χ3v) is 2.37. The van der Waals surface area contributed by atoms with Crippen molar-refractivity contribution in [1.29, 1.82) is 0 Å². The Balaban J connectivity index is 2.09. The summed E-state index contributed by atoms with van der Waals surface area (Å²) in [7, 11) is 1.65. The Hall–Kier alpha value is -1.48. The van der Waals surface area contributed by atoms with Crippen LogP contribution in [0, 0.1) is 0 Å². The molecule has 0 saturated carbocycles. The number of benzene rings is 1. The summed E-state index contributed by atoms with van der Waals surface area (Å²) in [5.74, 6) is 1.53. The van der Waals surface area contributed by atoms with Crippen LogP contribution in [0.15, 0.2) is 24.3 Å². The van der Waals surface area contributed by atoms with E-state index in [2.05, 4.69) is 0 Å². The molecule has 0 N–H and O–H groups in total. The zero-order valence-corrected chi connectivity index (χ0v) is 9.60. The number of ether oxygens (including phenoxy) is 3. The van der Waals surface area contributed by atoms with Gasteiger partial charge in [-0.15, -0.1) is 0 Å². The van der Waals surface area contributed by atoms with Gasteiger partial charge in [0.05, 0.1) is 13.7 Å². The molecule has 0 aromatic heterocycles. The van der Waals surface area contributed by atoms with Crippen LogP contribution in [-0.4, -0.2) is 26.4 Å². The Morgan fingerprint density at radius 3 is 2.88 bits per heavy atom. The van der Waals surface area contributed by atoms with Crippen LogP contribution >= 0.6 is 0 Å². The molecule has 1 unspecified atom stereocenters. The molecule has 0 aliphatic carbocycles. The number of rotatable bonds is 5. The van der Waals surface area contributed by atoms with E-state index >= 15 is 0 Å². The summed E-state index contributed by atoms with van der Waals surface area (Å²) in [5.41, 5.74) is 1.11. The molecule has 86 valence electrons. The van der Waals surface area contributed by atoms with Crippen LogP contribution in [0.5, 0.6) is 11.5 Å². The first-order chi connectivity index (χ1) is 7.83.